The molecule has 0 unspecified atom stereocenters. The van der Waals surface area contributed by atoms with Gasteiger partial charge in [0.2, 0.25) is 0 Å². The number of amides is 1. The van der Waals surface area contributed by atoms with E-state index in [1.807, 2.05) is 25.6 Å². The normalized spacial score (nSPS) is 16.9. The second-order valence-electron chi connectivity index (χ2n) is 7.22. The van der Waals surface area contributed by atoms with Gasteiger partial charge in [-0.05, 0) is 39.5 Å². The average molecular weight is 341 g/mol. The first-order valence-corrected chi connectivity index (χ1v) is 8.85. The quantitative estimate of drug-likeness (QED) is 0.899. The van der Waals surface area contributed by atoms with Gasteiger partial charge in [-0.1, -0.05) is 0 Å². The molecule has 1 amide bonds. The van der Waals surface area contributed by atoms with Crippen LogP contribution in [-0.4, -0.2) is 36.6 Å². The summed E-state index contributed by atoms with van der Waals surface area (Å²) >= 11 is 0. The molecule has 2 aliphatic rings. The van der Waals surface area contributed by atoms with E-state index in [-0.39, 0.29) is 23.1 Å². The largest absolute Gasteiger partial charge is 0.331 e. The third-order valence-corrected chi connectivity index (χ3v) is 5.25. The van der Waals surface area contributed by atoms with Gasteiger partial charge in [0.25, 0.3) is 11.5 Å². The lowest BCUT2D eigenvalue weighted by Crippen LogP contribution is -2.36. The molecule has 2 aromatic heterocycles. The molecule has 0 spiro atoms. The number of rotatable bonds is 5. The van der Waals surface area contributed by atoms with Gasteiger partial charge in [-0.15, -0.1) is 0 Å². The molecule has 7 nitrogen and oxygen atoms in total. The van der Waals surface area contributed by atoms with Crippen LogP contribution in [0.1, 0.15) is 64.7 Å². The zero-order valence-electron chi connectivity index (χ0n) is 14.9. The molecule has 4 rings (SSSR count). The van der Waals surface area contributed by atoms with Gasteiger partial charge in [-0.3, -0.25) is 14.3 Å². The Bertz CT molecular complexity index is 889. The summed E-state index contributed by atoms with van der Waals surface area (Å²) in [4.78, 5) is 34.3. The van der Waals surface area contributed by atoms with Crippen LogP contribution in [0.4, 0.5) is 0 Å². The predicted octanol–water partition coefficient (Wildman–Crippen LogP) is 1.80. The Morgan fingerprint density at radius 2 is 2.04 bits per heavy atom. The number of hydrogen-bond donors (Lipinski definition) is 1. The van der Waals surface area contributed by atoms with Crippen molar-refractivity contribution < 1.29 is 4.79 Å². The van der Waals surface area contributed by atoms with Crippen molar-refractivity contribution in [1.29, 1.82) is 0 Å². The number of aromatic nitrogens is 4. The number of aromatic amines is 1. The molecule has 2 heterocycles. The standard InChI is InChI=1S/C18H23N5O2/c1-10-15(11(2)22(3)21-10)9-23(13-6-7-13)18(25)14-8-19-16(12-4-5-12)20-17(14)24/h8,12-13H,4-7,9H2,1-3H3,(H,19,20,24). The molecule has 7 heteroatoms. The summed E-state index contributed by atoms with van der Waals surface area (Å²) in [6, 6.07) is 0.203. The fourth-order valence-electron chi connectivity index (χ4n) is 3.25. The first-order chi connectivity index (χ1) is 12.0. The predicted molar refractivity (Wildman–Crippen MR) is 92.4 cm³/mol. The third-order valence-electron chi connectivity index (χ3n) is 5.25. The van der Waals surface area contributed by atoms with Crippen LogP contribution in [0, 0.1) is 13.8 Å². The molecule has 0 aromatic carbocycles. The van der Waals surface area contributed by atoms with Gasteiger partial charge in [0, 0.05) is 43.0 Å². The minimum Gasteiger partial charge on any atom is -0.331 e. The van der Waals surface area contributed by atoms with Crippen molar-refractivity contribution in [3.63, 3.8) is 0 Å². The number of carbonyl (C=O) groups is 1. The summed E-state index contributed by atoms with van der Waals surface area (Å²) < 4.78 is 1.83. The molecule has 2 aromatic rings. The third kappa shape index (κ3) is 2.99. The number of hydrogen-bond acceptors (Lipinski definition) is 4. The van der Waals surface area contributed by atoms with Gasteiger partial charge in [-0.25, -0.2) is 4.98 Å². The summed E-state index contributed by atoms with van der Waals surface area (Å²) in [6.07, 6.45) is 5.53. The van der Waals surface area contributed by atoms with Crippen LogP contribution in [0.3, 0.4) is 0 Å². The van der Waals surface area contributed by atoms with E-state index < -0.39 is 0 Å². The van der Waals surface area contributed by atoms with Gasteiger partial charge in [0.1, 0.15) is 11.4 Å². The summed E-state index contributed by atoms with van der Waals surface area (Å²) in [7, 11) is 1.90. The van der Waals surface area contributed by atoms with Crippen molar-refractivity contribution in [2.45, 2.75) is 58.0 Å². The number of H-pyrrole nitrogens is 1. The molecular weight excluding hydrogens is 318 g/mol. The van der Waals surface area contributed by atoms with Crippen LogP contribution in [-0.2, 0) is 13.6 Å². The van der Waals surface area contributed by atoms with Gasteiger partial charge in [0.05, 0.1) is 5.69 Å². The highest BCUT2D eigenvalue weighted by Crippen LogP contribution is 2.37. The smallest absolute Gasteiger partial charge is 0.263 e. The van der Waals surface area contributed by atoms with Gasteiger partial charge in [-0.2, -0.15) is 5.10 Å². The monoisotopic (exact) mass is 341 g/mol. The molecule has 0 saturated heterocycles. The first-order valence-electron chi connectivity index (χ1n) is 8.85. The molecule has 0 aliphatic heterocycles. The minimum atomic E-state index is -0.327. The fourth-order valence-corrected chi connectivity index (χ4v) is 3.25. The maximum absolute atomic E-state index is 13.0. The lowest BCUT2D eigenvalue weighted by atomic mass is 10.1. The van der Waals surface area contributed by atoms with E-state index in [9.17, 15) is 9.59 Å². The number of nitrogens with one attached hydrogen (secondary N) is 1. The summed E-state index contributed by atoms with van der Waals surface area (Å²) in [6.45, 7) is 4.44. The van der Waals surface area contributed by atoms with Crippen LogP contribution in [0.15, 0.2) is 11.0 Å². The first kappa shape index (κ1) is 16.1. The zero-order chi connectivity index (χ0) is 17.7. The topological polar surface area (TPSA) is 83.9 Å². The lowest BCUT2D eigenvalue weighted by Gasteiger charge is -2.22. The average Bonchev–Trinajstić information content (AvgIpc) is 3.47. The molecule has 132 valence electrons. The van der Waals surface area contributed by atoms with E-state index in [1.54, 1.807) is 4.90 Å². The Balaban J connectivity index is 1.62. The molecular formula is C18H23N5O2. The number of aryl methyl sites for hydroxylation is 2. The van der Waals surface area contributed by atoms with Crippen LogP contribution in [0.5, 0.6) is 0 Å². The second kappa shape index (κ2) is 5.82. The Labute approximate surface area is 146 Å². The zero-order valence-corrected chi connectivity index (χ0v) is 14.9. The van der Waals surface area contributed by atoms with Crippen LogP contribution in [0.2, 0.25) is 0 Å². The highest BCUT2D eigenvalue weighted by Gasteiger charge is 2.35. The summed E-state index contributed by atoms with van der Waals surface area (Å²) in [5, 5.41) is 4.43. The van der Waals surface area contributed by atoms with Crippen molar-refractivity contribution in [3.05, 3.63) is 44.9 Å². The van der Waals surface area contributed by atoms with Crippen LogP contribution >= 0.6 is 0 Å². The van der Waals surface area contributed by atoms with E-state index >= 15 is 0 Å². The van der Waals surface area contributed by atoms with E-state index in [4.69, 9.17) is 0 Å². The van der Waals surface area contributed by atoms with Gasteiger partial charge in [0.15, 0.2) is 0 Å². The Kier molecular flexibility index (Phi) is 3.74. The molecule has 0 bridgehead atoms. The maximum atomic E-state index is 13.0. The molecule has 0 atom stereocenters. The van der Waals surface area contributed by atoms with E-state index in [1.165, 1.54) is 6.20 Å². The molecule has 25 heavy (non-hydrogen) atoms. The Morgan fingerprint density at radius 1 is 1.32 bits per heavy atom. The number of carbonyl (C=O) groups excluding carboxylic acids is 1. The Hall–Kier alpha value is -2.44. The van der Waals surface area contributed by atoms with Crippen molar-refractivity contribution in [2.75, 3.05) is 0 Å². The van der Waals surface area contributed by atoms with Crippen molar-refractivity contribution in [3.8, 4) is 0 Å². The minimum absolute atomic E-state index is 0.135. The van der Waals surface area contributed by atoms with E-state index in [0.717, 1.165) is 42.6 Å². The lowest BCUT2D eigenvalue weighted by molar-refractivity contribution is 0.0727. The van der Waals surface area contributed by atoms with Crippen molar-refractivity contribution >= 4 is 5.91 Å². The van der Waals surface area contributed by atoms with Gasteiger partial charge >= 0.3 is 0 Å². The summed E-state index contributed by atoms with van der Waals surface area (Å²) in [5.74, 6) is 0.830. The summed E-state index contributed by atoms with van der Waals surface area (Å²) in [5.41, 5.74) is 2.84. The second-order valence-corrected chi connectivity index (χ2v) is 7.22. The highest BCUT2D eigenvalue weighted by molar-refractivity contribution is 5.94. The number of nitrogens with zero attached hydrogens (tertiary/aromatic N) is 4. The highest BCUT2D eigenvalue weighted by atomic mass is 16.2. The molecule has 2 aliphatic carbocycles. The molecule has 1 N–H and O–H groups in total. The van der Waals surface area contributed by atoms with Gasteiger partial charge < -0.3 is 9.88 Å². The van der Waals surface area contributed by atoms with Crippen LogP contribution < -0.4 is 5.56 Å². The van der Waals surface area contributed by atoms with Crippen LogP contribution in [0.25, 0.3) is 0 Å². The van der Waals surface area contributed by atoms with Crippen molar-refractivity contribution in [2.24, 2.45) is 7.05 Å². The molecule has 2 fully saturated rings. The Morgan fingerprint density at radius 3 is 2.56 bits per heavy atom. The van der Waals surface area contributed by atoms with E-state index in [2.05, 4.69) is 15.1 Å². The van der Waals surface area contributed by atoms with Crippen molar-refractivity contribution in [1.82, 2.24) is 24.6 Å². The van der Waals surface area contributed by atoms with E-state index in [0.29, 0.717) is 18.3 Å². The molecule has 2 saturated carbocycles. The fraction of sp³-hybridized carbons (Fsp3) is 0.556. The maximum Gasteiger partial charge on any atom is 0.263 e. The SMILES string of the molecule is Cc1nn(C)c(C)c1CN(C(=O)c1cnc(C2CC2)[nH]c1=O)C1CC1. The molecule has 0 radical (unpaired) electrons.